The molecule has 0 amide bonds. The van der Waals surface area contributed by atoms with E-state index in [0.29, 0.717) is 10.9 Å². The van der Waals surface area contributed by atoms with Crippen LogP contribution in [0.4, 0.5) is 5.69 Å². The molecule has 1 aromatic carbocycles. The third-order valence-electron chi connectivity index (χ3n) is 4.51. The van der Waals surface area contributed by atoms with E-state index in [9.17, 15) is 24.5 Å². The smallest absolute Gasteiger partial charge is 0.303 e. The van der Waals surface area contributed by atoms with E-state index in [4.69, 9.17) is 18.9 Å². The molecule has 2 heterocycles. The average Bonchev–Trinajstić information content (AvgIpc) is 3.06. The highest BCUT2D eigenvalue weighted by molar-refractivity contribution is 5.82. The highest BCUT2D eigenvalue weighted by Crippen LogP contribution is 2.34. The minimum Gasteiger partial charge on any atom is -0.456 e. The maximum atomic E-state index is 11.8. The Kier molecular flexibility index (Phi) is 6.01. The molecule has 1 aliphatic heterocycles. The molecule has 1 fully saturated rings. The summed E-state index contributed by atoms with van der Waals surface area (Å²) in [6.45, 7) is 3.45. The van der Waals surface area contributed by atoms with Gasteiger partial charge in [0, 0.05) is 44.5 Å². The molecule has 0 N–H and O–H groups in total. The predicted octanol–water partition coefficient (Wildman–Crippen LogP) is 1.87. The summed E-state index contributed by atoms with van der Waals surface area (Å²) in [5.41, 5.74) is 0.504. The molecular formula is C19H20N2O9. The number of non-ortho nitro benzene ring substituents is 1. The quantitative estimate of drug-likeness (QED) is 0.307. The first-order valence-corrected chi connectivity index (χ1v) is 9.05. The first kappa shape index (κ1) is 21.2. The van der Waals surface area contributed by atoms with Gasteiger partial charge in [0.05, 0.1) is 17.0 Å². The van der Waals surface area contributed by atoms with E-state index in [2.05, 4.69) is 0 Å². The fraction of sp³-hybridized carbons (Fsp3) is 0.421. The molecule has 11 nitrogen and oxygen atoms in total. The van der Waals surface area contributed by atoms with Gasteiger partial charge in [-0.2, -0.15) is 0 Å². The lowest BCUT2D eigenvalue weighted by Crippen LogP contribution is -2.55. The molecule has 1 saturated heterocycles. The largest absolute Gasteiger partial charge is 0.456 e. The van der Waals surface area contributed by atoms with Crippen molar-refractivity contribution < 1.29 is 38.3 Å². The maximum Gasteiger partial charge on any atom is 0.303 e. The van der Waals surface area contributed by atoms with Crippen LogP contribution in [0.1, 0.15) is 27.0 Å². The van der Waals surface area contributed by atoms with Crippen LogP contribution >= 0.6 is 0 Å². The number of esters is 3. The number of carbonyl (C=O) groups is 3. The van der Waals surface area contributed by atoms with Crippen LogP contribution in [0, 0.1) is 10.1 Å². The summed E-state index contributed by atoms with van der Waals surface area (Å²) in [5, 5.41) is 11.6. The first-order chi connectivity index (χ1) is 14.2. The highest BCUT2D eigenvalue weighted by atomic mass is 16.6. The van der Waals surface area contributed by atoms with E-state index in [1.807, 2.05) is 0 Å². The zero-order valence-electron chi connectivity index (χ0n) is 16.5. The number of fused-ring (bicyclic) bond motifs is 1. The summed E-state index contributed by atoms with van der Waals surface area (Å²) in [6.07, 6.45) is -2.52. The molecule has 3 rings (SSSR count). The van der Waals surface area contributed by atoms with Crippen LogP contribution in [-0.2, 0) is 33.3 Å². The van der Waals surface area contributed by atoms with Crippen LogP contribution in [0.5, 0.6) is 0 Å². The van der Waals surface area contributed by atoms with Crippen LogP contribution < -0.4 is 0 Å². The van der Waals surface area contributed by atoms with Gasteiger partial charge in [0.2, 0.25) is 0 Å². The van der Waals surface area contributed by atoms with Crippen LogP contribution in [0.15, 0.2) is 30.5 Å². The Balaban J connectivity index is 2.03. The topological polar surface area (TPSA) is 136 Å². The molecule has 4 atom stereocenters. The SMILES string of the molecule is CC(=O)O[C@@H]1[C@H](OC(C)=O)[C@@H](OC(C)=O)CO[C@H]1n1ccc2cc([N+](=O)[O-])ccc21. The monoisotopic (exact) mass is 420 g/mol. The lowest BCUT2D eigenvalue weighted by atomic mass is 10.0. The second-order valence-electron chi connectivity index (χ2n) is 6.74. The molecule has 1 aromatic heterocycles. The average molecular weight is 420 g/mol. The summed E-state index contributed by atoms with van der Waals surface area (Å²) >= 11 is 0. The van der Waals surface area contributed by atoms with E-state index >= 15 is 0 Å². The van der Waals surface area contributed by atoms with Gasteiger partial charge in [0.25, 0.3) is 5.69 Å². The lowest BCUT2D eigenvalue weighted by molar-refractivity contribution is -0.384. The number of hydrogen-bond donors (Lipinski definition) is 0. The molecule has 0 saturated carbocycles. The van der Waals surface area contributed by atoms with Gasteiger partial charge in [0.15, 0.2) is 24.5 Å². The fourth-order valence-corrected chi connectivity index (χ4v) is 3.45. The molecular weight excluding hydrogens is 400 g/mol. The van der Waals surface area contributed by atoms with Crippen molar-refractivity contribution in [1.82, 2.24) is 4.57 Å². The standard InChI is InChI=1S/C19H20N2O9/c1-10(22)28-16-9-27-19(18(30-12(3)24)17(16)29-11(2)23)20-7-6-13-8-14(21(25)26)4-5-15(13)20/h4-8,16-19H,9H2,1-3H3/t16-,17+,18+,19+/m0/s1. The second-order valence-corrected chi connectivity index (χ2v) is 6.74. The molecule has 11 heteroatoms. The van der Waals surface area contributed by atoms with Crippen molar-refractivity contribution in [2.75, 3.05) is 6.61 Å². The summed E-state index contributed by atoms with van der Waals surface area (Å²) in [5.74, 6) is -1.91. The number of aromatic nitrogens is 1. The molecule has 0 radical (unpaired) electrons. The lowest BCUT2D eigenvalue weighted by Gasteiger charge is -2.41. The zero-order valence-corrected chi connectivity index (χ0v) is 16.5. The van der Waals surface area contributed by atoms with Crippen molar-refractivity contribution >= 4 is 34.5 Å². The highest BCUT2D eigenvalue weighted by Gasteiger charge is 2.47. The number of hydrogen-bond acceptors (Lipinski definition) is 9. The van der Waals surface area contributed by atoms with Crippen molar-refractivity contribution in [1.29, 1.82) is 0 Å². The van der Waals surface area contributed by atoms with Crippen molar-refractivity contribution in [3.8, 4) is 0 Å². The number of carbonyl (C=O) groups excluding carboxylic acids is 3. The molecule has 0 unspecified atom stereocenters. The minimum absolute atomic E-state index is 0.0749. The molecule has 2 aromatic rings. The number of nitrogens with zero attached hydrogens (tertiary/aromatic N) is 2. The van der Waals surface area contributed by atoms with Crippen LogP contribution in [0.25, 0.3) is 10.9 Å². The minimum atomic E-state index is -1.13. The molecule has 0 aliphatic carbocycles. The van der Waals surface area contributed by atoms with Crippen LogP contribution in [0.3, 0.4) is 0 Å². The molecule has 1 aliphatic rings. The third-order valence-corrected chi connectivity index (χ3v) is 4.51. The van der Waals surface area contributed by atoms with Gasteiger partial charge in [0.1, 0.15) is 0 Å². The Bertz CT molecular complexity index is 999. The van der Waals surface area contributed by atoms with E-state index in [1.54, 1.807) is 22.9 Å². The van der Waals surface area contributed by atoms with Gasteiger partial charge in [-0.3, -0.25) is 24.5 Å². The Morgan fingerprint density at radius 3 is 2.27 bits per heavy atom. The van der Waals surface area contributed by atoms with Gasteiger partial charge in [-0.15, -0.1) is 0 Å². The van der Waals surface area contributed by atoms with Gasteiger partial charge in [-0.05, 0) is 12.1 Å². The van der Waals surface area contributed by atoms with E-state index in [-0.39, 0.29) is 12.3 Å². The van der Waals surface area contributed by atoms with E-state index in [1.165, 1.54) is 32.9 Å². The molecule has 0 spiro atoms. The van der Waals surface area contributed by atoms with Crippen molar-refractivity contribution in [2.24, 2.45) is 0 Å². The summed E-state index contributed by atoms with van der Waals surface area (Å²) in [4.78, 5) is 45.4. The van der Waals surface area contributed by atoms with Crippen molar-refractivity contribution in [3.63, 3.8) is 0 Å². The molecule has 30 heavy (non-hydrogen) atoms. The Hall–Kier alpha value is -3.47. The zero-order chi connectivity index (χ0) is 22.0. The number of rotatable bonds is 5. The summed E-state index contributed by atoms with van der Waals surface area (Å²) < 4.78 is 23.4. The Morgan fingerprint density at radius 1 is 1.03 bits per heavy atom. The molecule has 160 valence electrons. The molecule has 0 bridgehead atoms. The van der Waals surface area contributed by atoms with E-state index in [0.717, 1.165) is 0 Å². The Morgan fingerprint density at radius 2 is 1.67 bits per heavy atom. The normalized spacial score (nSPS) is 23.6. The van der Waals surface area contributed by atoms with Crippen molar-refractivity contribution in [3.05, 3.63) is 40.6 Å². The predicted molar refractivity (Wildman–Crippen MR) is 100 cm³/mol. The Labute approximate surface area is 170 Å². The summed E-state index contributed by atoms with van der Waals surface area (Å²) in [6, 6.07) is 5.94. The van der Waals surface area contributed by atoms with Gasteiger partial charge in [-0.25, -0.2) is 0 Å². The third kappa shape index (κ3) is 4.40. The second kappa shape index (κ2) is 8.49. The van der Waals surface area contributed by atoms with E-state index < -0.39 is 47.4 Å². The van der Waals surface area contributed by atoms with Crippen LogP contribution in [-0.4, -0.2) is 52.3 Å². The van der Waals surface area contributed by atoms with Gasteiger partial charge < -0.3 is 23.5 Å². The number of nitro groups is 1. The summed E-state index contributed by atoms with van der Waals surface area (Å²) in [7, 11) is 0. The fourth-order valence-electron chi connectivity index (χ4n) is 3.45. The number of nitro benzene ring substituents is 1. The first-order valence-electron chi connectivity index (χ1n) is 9.05. The number of benzene rings is 1. The number of ether oxygens (including phenoxy) is 4. The van der Waals surface area contributed by atoms with Gasteiger partial charge in [-0.1, -0.05) is 0 Å². The van der Waals surface area contributed by atoms with Crippen molar-refractivity contribution in [2.45, 2.75) is 45.3 Å². The maximum absolute atomic E-state index is 11.8. The van der Waals surface area contributed by atoms with Crippen LogP contribution in [0.2, 0.25) is 0 Å². The van der Waals surface area contributed by atoms with Gasteiger partial charge >= 0.3 is 17.9 Å².